The Balaban J connectivity index is 1.67. The number of hydrogen-bond donors (Lipinski definition) is 0. The van der Waals surface area contributed by atoms with Crippen LogP contribution in [0.3, 0.4) is 0 Å². The number of para-hydroxylation sites is 1. The van der Waals surface area contributed by atoms with E-state index in [1.165, 1.54) is 17.8 Å². The molecule has 0 radical (unpaired) electrons. The number of nitrogens with zero attached hydrogens (tertiary/aromatic N) is 1. The molecular formula is C17H13NO6S. The van der Waals surface area contributed by atoms with E-state index >= 15 is 0 Å². The van der Waals surface area contributed by atoms with E-state index in [9.17, 15) is 14.4 Å². The van der Waals surface area contributed by atoms with Crippen molar-refractivity contribution in [3.8, 4) is 5.75 Å². The van der Waals surface area contributed by atoms with Gasteiger partial charge in [-0.2, -0.15) is 0 Å². The van der Waals surface area contributed by atoms with Crippen molar-refractivity contribution in [3.05, 3.63) is 58.3 Å². The van der Waals surface area contributed by atoms with Crippen molar-refractivity contribution >= 4 is 29.3 Å². The lowest BCUT2D eigenvalue weighted by Crippen LogP contribution is -2.18. The summed E-state index contributed by atoms with van der Waals surface area (Å²) in [6, 6.07) is 9.25. The summed E-state index contributed by atoms with van der Waals surface area (Å²) in [5.74, 6) is -0.893. The predicted octanol–water partition coefficient (Wildman–Crippen LogP) is 2.54. The molecule has 0 atom stereocenters. The maximum Gasteiger partial charge on any atom is 0.361 e. The minimum absolute atomic E-state index is 0.147. The Bertz CT molecular complexity index is 855. The fraction of sp³-hybridized carbons (Fsp3) is 0.176. The van der Waals surface area contributed by atoms with Crippen molar-refractivity contribution in [2.75, 3.05) is 19.5 Å². The summed E-state index contributed by atoms with van der Waals surface area (Å²) in [5.41, 5.74) is -0.437. The summed E-state index contributed by atoms with van der Waals surface area (Å²) in [4.78, 5) is 36.5. The number of aromatic nitrogens is 1. The van der Waals surface area contributed by atoms with Gasteiger partial charge in [0.1, 0.15) is 11.3 Å². The van der Waals surface area contributed by atoms with Crippen LogP contribution in [0.1, 0.15) is 31.4 Å². The molecule has 25 heavy (non-hydrogen) atoms. The maximum absolute atomic E-state index is 12.5. The number of ketones is 2. The number of fused-ring (bicyclic) bond motifs is 1. The first-order chi connectivity index (χ1) is 12.1. The Morgan fingerprint density at radius 3 is 2.72 bits per heavy atom. The summed E-state index contributed by atoms with van der Waals surface area (Å²) in [6.45, 7) is 0.355. The molecule has 1 aliphatic carbocycles. The van der Waals surface area contributed by atoms with E-state index in [0.717, 1.165) is 12.9 Å². The Morgan fingerprint density at radius 1 is 1.24 bits per heavy atom. The summed E-state index contributed by atoms with van der Waals surface area (Å²) >= 11 is 1.17. The highest BCUT2D eigenvalue weighted by atomic mass is 32.2. The zero-order chi connectivity index (χ0) is 17.8. The molecule has 0 aliphatic heterocycles. The normalized spacial score (nSPS) is 13.2. The zero-order valence-electron chi connectivity index (χ0n) is 13.2. The van der Waals surface area contributed by atoms with E-state index in [4.69, 9.17) is 9.26 Å². The molecular weight excluding hydrogens is 346 g/mol. The first-order valence-electron chi connectivity index (χ1n) is 7.31. The summed E-state index contributed by atoms with van der Waals surface area (Å²) < 4.78 is 14.9. The molecule has 128 valence electrons. The molecule has 1 heterocycles. The number of rotatable bonds is 6. The predicted molar refractivity (Wildman–Crippen MR) is 89.0 cm³/mol. The number of carbonyl (C=O) groups excluding carboxylic acids is 3. The molecule has 1 aliphatic rings. The number of thioether (sulfide) groups is 1. The van der Waals surface area contributed by atoms with E-state index in [1.54, 1.807) is 0 Å². The number of hydrogen-bond acceptors (Lipinski definition) is 8. The third-order valence-electron chi connectivity index (χ3n) is 3.36. The highest BCUT2D eigenvalue weighted by Crippen LogP contribution is 2.30. The van der Waals surface area contributed by atoms with Crippen LogP contribution in [0.4, 0.5) is 0 Å². The van der Waals surface area contributed by atoms with Crippen molar-refractivity contribution in [1.29, 1.82) is 0 Å². The summed E-state index contributed by atoms with van der Waals surface area (Å²) in [7, 11) is 1.16. The monoisotopic (exact) mass is 359 g/mol. The fourth-order valence-electron chi connectivity index (χ4n) is 2.21. The maximum atomic E-state index is 12.5. The number of methoxy groups -OCH3 is 1. The number of carbonyl (C=O) groups is 3. The van der Waals surface area contributed by atoms with Crippen LogP contribution >= 0.6 is 11.8 Å². The van der Waals surface area contributed by atoms with Gasteiger partial charge in [0.15, 0.2) is 0 Å². The molecule has 7 nitrogen and oxygen atoms in total. The standard InChI is InChI=1S/C17H13NO6S/c1-22-17(21)14-13-15(20)12(9-11(19)16(13)24-18-14)25-8-7-23-10-5-3-2-4-6-10/h2-6,9H,7-8H2,1H3. The molecule has 0 unspecified atom stereocenters. The molecule has 1 aromatic carbocycles. The van der Waals surface area contributed by atoms with Crippen LogP contribution in [0.5, 0.6) is 5.75 Å². The van der Waals surface area contributed by atoms with Gasteiger partial charge >= 0.3 is 5.97 Å². The summed E-state index contributed by atoms with van der Waals surface area (Å²) in [6.07, 6.45) is 1.18. The second kappa shape index (κ2) is 7.35. The molecule has 0 N–H and O–H groups in total. The van der Waals surface area contributed by atoms with Gasteiger partial charge in [0.2, 0.25) is 23.0 Å². The molecule has 8 heteroatoms. The van der Waals surface area contributed by atoms with Crippen LogP contribution in [0.25, 0.3) is 0 Å². The summed E-state index contributed by atoms with van der Waals surface area (Å²) in [5, 5.41) is 3.48. The van der Waals surface area contributed by atoms with Crippen molar-refractivity contribution in [1.82, 2.24) is 5.16 Å². The van der Waals surface area contributed by atoms with Crippen LogP contribution in [0, 0.1) is 0 Å². The molecule has 0 saturated heterocycles. The van der Waals surface area contributed by atoms with E-state index in [0.29, 0.717) is 12.4 Å². The van der Waals surface area contributed by atoms with Gasteiger partial charge in [-0.3, -0.25) is 9.59 Å². The molecule has 0 amide bonds. The highest BCUT2D eigenvalue weighted by molar-refractivity contribution is 8.04. The van der Waals surface area contributed by atoms with E-state index in [-0.39, 0.29) is 21.9 Å². The second-order valence-electron chi connectivity index (χ2n) is 4.94. The van der Waals surface area contributed by atoms with E-state index in [2.05, 4.69) is 9.89 Å². The van der Waals surface area contributed by atoms with Gasteiger partial charge in [-0.05, 0) is 12.1 Å². The average molecular weight is 359 g/mol. The number of benzene rings is 1. The largest absolute Gasteiger partial charge is 0.493 e. The zero-order valence-corrected chi connectivity index (χ0v) is 14.0. The first kappa shape index (κ1) is 17.0. The number of Topliss-reactive ketones (excluding diaryl/α,β-unsaturated/α-hetero) is 1. The van der Waals surface area contributed by atoms with Crippen molar-refractivity contribution in [3.63, 3.8) is 0 Å². The Morgan fingerprint density at radius 2 is 2.00 bits per heavy atom. The Hall–Kier alpha value is -2.87. The topological polar surface area (TPSA) is 95.7 Å². The lowest BCUT2D eigenvalue weighted by atomic mass is 10.00. The molecule has 0 saturated carbocycles. The van der Waals surface area contributed by atoms with Crippen LogP contribution in [0.15, 0.2) is 45.8 Å². The number of ether oxygens (including phenoxy) is 2. The SMILES string of the molecule is COC(=O)c1noc2c1C(=O)C(SCCOc1ccccc1)=CC2=O. The molecule has 2 aromatic rings. The average Bonchev–Trinajstić information content (AvgIpc) is 3.09. The van der Waals surface area contributed by atoms with Crippen LogP contribution in [0.2, 0.25) is 0 Å². The minimum atomic E-state index is -0.829. The van der Waals surface area contributed by atoms with Gasteiger partial charge in [-0.25, -0.2) is 4.79 Å². The molecule has 1 aromatic heterocycles. The second-order valence-corrected chi connectivity index (χ2v) is 6.08. The highest BCUT2D eigenvalue weighted by Gasteiger charge is 2.36. The van der Waals surface area contributed by atoms with Gasteiger partial charge in [0, 0.05) is 11.8 Å². The third kappa shape index (κ3) is 3.48. The van der Waals surface area contributed by atoms with E-state index in [1.807, 2.05) is 30.3 Å². The van der Waals surface area contributed by atoms with Crippen molar-refractivity contribution < 1.29 is 28.4 Å². The minimum Gasteiger partial charge on any atom is -0.493 e. The van der Waals surface area contributed by atoms with Gasteiger partial charge < -0.3 is 14.0 Å². The van der Waals surface area contributed by atoms with Gasteiger partial charge in [0.25, 0.3) is 0 Å². The van der Waals surface area contributed by atoms with Crippen molar-refractivity contribution in [2.45, 2.75) is 0 Å². The van der Waals surface area contributed by atoms with Gasteiger partial charge in [-0.15, -0.1) is 11.8 Å². The third-order valence-corrected chi connectivity index (χ3v) is 4.35. The number of allylic oxidation sites excluding steroid dienone is 2. The Kier molecular flexibility index (Phi) is 4.99. The van der Waals surface area contributed by atoms with Gasteiger partial charge in [0.05, 0.1) is 18.6 Å². The van der Waals surface area contributed by atoms with Crippen LogP contribution < -0.4 is 4.74 Å². The van der Waals surface area contributed by atoms with Crippen LogP contribution in [-0.2, 0) is 4.74 Å². The molecule has 3 rings (SSSR count). The van der Waals surface area contributed by atoms with E-state index < -0.39 is 17.5 Å². The molecule has 0 fully saturated rings. The smallest absolute Gasteiger partial charge is 0.361 e. The number of esters is 1. The lowest BCUT2D eigenvalue weighted by Gasteiger charge is -2.11. The quantitative estimate of drug-likeness (QED) is 0.573. The fourth-order valence-corrected chi connectivity index (χ4v) is 3.02. The van der Waals surface area contributed by atoms with Gasteiger partial charge in [-0.1, -0.05) is 23.4 Å². The molecule has 0 bridgehead atoms. The van der Waals surface area contributed by atoms with Crippen LogP contribution in [-0.4, -0.2) is 42.2 Å². The first-order valence-corrected chi connectivity index (χ1v) is 8.29. The van der Waals surface area contributed by atoms with Crippen molar-refractivity contribution in [2.24, 2.45) is 0 Å². The Labute approximate surface area is 147 Å². The lowest BCUT2D eigenvalue weighted by molar-refractivity contribution is 0.0586. The molecule has 0 spiro atoms.